The van der Waals surface area contributed by atoms with Crippen LogP contribution < -0.4 is 5.32 Å². The summed E-state index contributed by atoms with van der Waals surface area (Å²) in [5, 5.41) is 22.4. The van der Waals surface area contributed by atoms with E-state index in [0.29, 0.717) is 37.8 Å². The molecule has 1 saturated carbocycles. The van der Waals surface area contributed by atoms with Crippen LogP contribution in [0.5, 0.6) is 0 Å². The molecule has 1 aromatic carbocycles. The second-order valence-electron chi connectivity index (χ2n) is 7.88. The highest BCUT2D eigenvalue weighted by molar-refractivity contribution is 6.30. The zero-order valence-electron chi connectivity index (χ0n) is 15.9. The summed E-state index contributed by atoms with van der Waals surface area (Å²) in [5.74, 6) is -2.96. The van der Waals surface area contributed by atoms with Gasteiger partial charge in [-0.1, -0.05) is 11.6 Å². The van der Waals surface area contributed by atoms with Crippen molar-refractivity contribution in [3.05, 3.63) is 34.6 Å². The number of rotatable bonds is 6. The van der Waals surface area contributed by atoms with Gasteiger partial charge in [0.05, 0.1) is 5.92 Å². The molecule has 7 nitrogen and oxygen atoms in total. The zero-order chi connectivity index (χ0) is 21.2. The van der Waals surface area contributed by atoms with Crippen molar-refractivity contribution in [2.45, 2.75) is 44.2 Å². The maximum absolute atomic E-state index is 13.4. The average molecular weight is 427 g/mol. The van der Waals surface area contributed by atoms with Crippen molar-refractivity contribution in [1.29, 1.82) is 0 Å². The van der Waals surface area contributed by atoms with E-state index in [1.165, 1.54) is 17.0 Å². The van der Waals surface area contributed by atoms with E-state index < -0.39 is 29.2 Å². The lowest BCUT2D eigenvalue weighted by Gasteiger charge is -2.30. The maximum Gasteiger partial charge on any atom is 0.306 e. The fourth-order valence-corrected chi connectivity index (χ4v) is 4.34. The Morgan fingerprint density at radius 1 is 1.24 bits per heavy atom. The highest BCUT2D eigenvalue weighted by Gasteiger charge is 2.51. The van der Waals surface area contributed by atoms with Crippen molar-refractivity contribution in [2.24, 2.45) is 11.8 Å². The SMILES string of the molecule is O=C(O)C1CCC(CN2CCC(O)(C(=O)NCc3cc(F)cc(Cl)c3)C2=O)CC1. The number of aliphatic hydroxyl groups is 1. The average Bonchev–Trinajstić information content (AvgIpc) is 2.95. The number of carboxylic acids is 1. The first-order chi connectivity index (χ1) is 13.7. The second kappa shape index (κ2) is 8.67. The van der Waals surface area contributed by atoms with E-state index in [-0.39, 0.29) is 36.4 Å². The molecule has 1 unspecified atom stereocenters. The van der Waals surface area contributed by atoms with Crippen LogP contribution >= 0.6 is 11.6 Å². The molecule has 3 N–H and O–H groups in total. The van der Waals surface area contributed by atoms with Crippen LogP contribution in [0.15, 0.2) is 18.2 Å². The van der Waals surface area contributed by atoms with Crippen molar-refractivity contribution in [1.82, 2.24) is 10.2 Å². The largest absolute Gasteiger partial charge is 0.481 e. The molecular formula is C20H24ClFN2O5. The van der Waals surface area contributed by atoms with Crippen molar-refractivity contribution in [3.63, 3.8) is 0 Å². The highest BCUT2D eigenvalue weighted by atomic mass is 35.5. The normalized spacial score (nSPS) is 27.1. The summed E-state index contributed by atoms with van der Waals surface area (Å²) in [6.45, 7) is 0.596. The Labute approximate surface area is 172 Å². The molecule has 2 fully saturated rings. The summed E-state index contributed by atoms with van der Waals surface area (Å²) < 4.78 is 13.4. The molecule has 1 saturated heterocycles. The van der Waals surface area contributed by atoms with Gasteiger partial charge in [0.15, 0.2) is 0 Å². The molecule has 1 aromatic rings. The number of halogens is 2. The number of benzene rings is 1. The lowest BCUT2D eigenvalue weighted by atomic mass is 9.82. The first-order valence-electron chi connectivity index (χ1n) is 9.67. The van der Waals surface area contributed by atoms with Gasteiger partial charge in [-0.15, -0.1) is 0 Å². The van der Waals surface area contributed by atoms with E-state index in [2.05, 4.69) is 5.32 Å². The van der Waals surface area contributed by atoms with Crippen LogP contribution in [-0.4, -0.2) is 51.6 Å². The number of carbonyl (C=O) groups is 3. The summed E-state index contributed by atoms with van der Waals surface area (Å²) in [4.78, 5) is 37.7. The van der Waals surface area contributed by atoms with Gasteiger partial charge in [0.1, 0.15) is 5.82 Å². The predicted octanol–water partition coefficient (Wildman–Crippen LogP) is 1.95. The molecule has 0 spiro atoms. The summed E-state index contributed by atoms with van der Waals surface area (Å²) in [6, 6.07) is 3.85. The van der Waals surface area contributed by atoms with Gasteiger partial charge >= 0.3 is 5.97 Å². The predicted molar refractivity (Wildman–Crippen MR) is 102 cm³/mol. The monoisotopic (exact) mass is 426 g/mol. The van der Waals surface area contributed by atoms with Gasteiger partial charge in [-0.3, -0.25) is 14.4 Å². The van der Waals surface area contributed by atoms with Gasteiger partial charge in [-0.2, -0.15) is 0 Å². The molecule has 1 atom stereocenters. The molecule has 2 aliphatic rings. The molecule has 158 valence electrons. The summed E-state index contributed by atoms with van der Waals surface area (Å²) in [5.41, 5.74) is -1.72. The van der Waals surface area contributed by atoms with Crippen molar-refractivity contribution in [3.8, 4) is 0 Å². The Morgan fingerprint density at radius 3 is 2.55 bits per heavy atom. The van der Waals surface area contributed by atoms with Gasteiger partial charge in [0, 0.05) is 31.1 Å². The van der Waals surface area contributed by atoms with Crippen LogP contribution in [0.25, 0.3) is 0 Å². The van der Waals surface area contributed by atoms with Crippen LogP contribution in [0.1, 0.15) is 37.7 Å². The fraction of sp³-hybridized carbons (Fsp3) is 0.550. The highest BCUT2D eigenvalue weighted by Crippen LogP contribution is 2.32. The van der Waals surface area contributed by atoms with E-state index in [4.69, 9.17) is 16.7 Å². The number of carbonyl (C=O) groups excluding carboxylic acids is 2. The number of amides is 2. The lowest BCUT2D eigenvalue weighted by molar-refractivity contribution is -0.155. The van der Waals surface area contributed by atoms with Crippen molar-refractivity contribution in [2.75, 3.05) is 13.1 Å². The minimum atomic E-state index is -2.14. The van der Waals surface area contributed by atoms with Gasteiger partial charge in [-0.25, -0.2) is 4.39 Å². The van der Waals surface area contributed by atoms with Crippen LogP contribution in [0.4, 0.5) is 4.39 Å². The number of hydrogen-bond acceptors (Lipinski definition) is 4. The third-order valence-corrected chi connectivity index (χ3v) is 6.03. The molecule has 3 rings (SSSR count). The number of nitrogens with zero attached hydrogens (tertiary/aromatic N) is 1. The topological polar surface area (TPSA) is 107 Å². The quantitative estimate of drug-likeness (QED) is 0.603. The van der Waals surface area contributed by atoms with Crippen LogP contribution in [0.2, 0.25) is 5.02 Å². The fourth-order valence-electron chi connectivity index (χ4n) is 4.10. The molecule has 0 radical (unpaired) electrons. The standard InChI is InChI=1S/C20H24ClFN2O5/c21-15-7-13(8-16(22)9-15)10-23-18(27)20(29)5-6-24(19(20)28)11-12-1-3-14(4-2-12)17(25)26/h7-9,12,14,29H,1-6,10-11H2,(H,23,27)(H,25,26). The molecule has 1 aliphatic heterocycles. The third kappa shape index (κ3) is 4.87. The number of carboxylic acid groups (broad SMARTS) is 1. The Bertz CT molecular complexity index is 792. The van der Waals surface area contributed by atoms with Crippen molar-refractivity contribution < 1.29 is 29.0 Å². The number of nitrogens with one attached hydrogen (secondary N) is 1. The molecule has 2 amide bonds. The zero-order valence-corrected chi connectivity index (χ0v) is 16.6. The number of aliphatic carboxylic acids is 1. The smallest absolute Gasteiger partial charge is 0.306 e. The minimum Gasteiger partial charge on any atom is -0.481 e. The van der Waals surface area contributed by atoms with E-state index in [1.807, 2.05) is 0 Å². The van der Waals surface area contributed by atoms with Gasteiger partial charge in [0.2, 0.25) is 5.60 Å². The molecule has 0 bridgehead atoms. The van der Waals surface area contributed by atoms with Crippen molar-refractivity contribution >= 4 is 29.4 Å². The summed E-state index contributed by atoms with van der Waals surface area (Å²) in [7, 11) is 0. The Balaban J connectivity index is 1.54. The summed E-state index contributed by atoms with van der Waals surface area (Å²) >= 11 is 5.79. The second-order valence-corrected chi connectivity index (χ2v) is 8.31. The van der Waals surface area contributed by atoms with Crippen LogP contribution in [-0.2, 0) is 20.9 Å². The molecule has 0 aromatic heterocycles. The number of likely N-dealkylation sites (tertiary alicyclic amines) is 1. The third-order valence-electron chi connectivity index (χ3n) is 5.81. The first-order valence-corrected chi connectivity index (χ1v) is 10.0. The molecular weight excluding hydrogens is 403 g/mol. The Kier molecular flexibility index (Phi) is 6.43. The Hall–Kier alpha value is -2.19. The van der Waals surface area contributed by atoms with Gasteiger partial charge < -0.3 is 20.4 Å². The van der Waals surface area contributed by atoms with E-state index in [0.717, 1.165) is 6.07 Å². The van der Waals surface area contributed by atoms with Crippen LogP contribution in [0, 0.1) is 17.7 Å². The molecule has 9 heteroatoms. The molecule has 1 aliphatic carbocycles. The lowest BCUT2D eigenvalue weighted by Crippen LogP contribution is -2.52. The minimum absolute atomic E-state index is 0.0218. The van der Waals surface area contributed by atoms with Gasteiger partial charge in [0.25, 0.3) is 11.8 Å². The summed E-state index contributed by atoms with van der Waals surface area (Å²) in [6.07, 6.45) is 2.52. The first kappa shape index (κ1) is 21.5. The van der Waals surface area contributed by atoms with E-state index in [1.54, 1.807) is 0 Å². The number of hydrogen-bond donors (Lipinski definition) is 3. The van der Waals surface area contributed by atoms with E-state index in [9.17, 15) is 23.9 Å². The van der Waals surface area contributed by atoms with E-state index >= 15 is 0 Å². The van der Waals surface area contributed by atoms with Gasteiger partial charge in [-0.05, 0) is 55.4 Å². The Morgan fingerprint density at radius 2 is 1.93 bits per heavy atom. The maximum atomic E-state index is 13.4. The molecule has 1 heterocycles. The molecule has 29 heavy (non-hydrogen) atoms. The van der Waals surface area contributed by atoms with Crippen LogP contribution in [0.3, 0.4) is 0 Å².